The van der Waals surface area contributed by atoms with E-state index in [1.54, 1.807) is 18.2 Å². The molecule has 0 bridgehead atoms. The fourth-order valence-electron chi connectivity index (χ4n) is 2.98. The third-order valence-corrected chi connectivity index (χ3v) is 4.62. The van der Waals surface area contributed by atoms with Gasteiger partial charge in [0, 0.05) is 12.1 Å². The van der Waals surface area contributed by atoms with Gasteiger partial charge in [-0.1, -0.05) is 0 Å². The number of alkyl halides is 3. The molecule has 0 unspecified atom stereocenters. The minimum atomic E-state index is -4.69. The first-order valence-electron chi connectivity index (χ1n) is 11.9. The van der Waals surface area contributed by atoms with E-state index < -0.39 is 55.6 Å². The normalized spacial score (nSPS) is 11.2. The zero-order valence-electron chi connectivity index (χ0n) is 23.6. The van der Waals surface area contributed by atoms with Gasteiger partial charge in [0.15, 0.2) is 0 Å². The van der Waals surface area contributed by atoms with Gasteiger partial charge in [-0.25, -0.2) is 23.9 Å². The van der Waals surface area contributed by atoms with Gasteiger partial charge in [-0.15, -0.1) is 0 Å². The number of benzene rings is 2. The Morgan fingerprint density at radius 1 is 0.913 bits per heavy atom. The maximum atomic E-state index is 13.8. The van der Waals surface area contributed by atoms with Crippen LogP contribution in [0, 0.1) is 5.82 Å². The lowest BCUT2D eigenvalue weighted by Crippen LogP contribution is -2.20. The Kier molecular flexibility index (Phi) is 12.3. The summed E-state index contributed by atoms with van der Waals surface area (Å²) in [7, 11) is -6.11. The predicted octanol–water partition coefficient (Wildman–Crippen LogP) is 4.74. The molecule has 0 saturated carbocycles. The van der Waals surface area contributed by atoms with Crippen LogP contribution in [0.5, 0.6) is 11.6 Å². The number of hydrogen-bond acceptors (Lipinski definition) is 10. The van der Waals surface area contributed by atoms with E-state index in [0.717, 1.165) is 0 Å². The smallest absolute Gasteiger partial charge is 0.416 e. The van der Waals surface area contributed by atoms with Crippen molar-refractivity contribution in [3.05, 3.63) is 66.1 Å². The second kappa shape index (κ2) is 15.3. The number of ether oxygens (including phenoxy) is 2. The van der Waals surface area contributed by atoms with Crippen LogP contribution in [0.4, 0.5) is 44.5 Å². The molecule has 16 nitrogen and oxygen atoms in total. The molecule has 2 aromatic heterocycles. The molecule has 0 aliphatic carbocycles. The highest BCUT2D eigenvalue weighted by Crippen LogP contribution is 2.32. The Hall–Kier alpha value is -5.06. The summed E-state index contributed by atoms with van der Waals surface area (Å²) in [6, 6.07) is 8.47. The van der Waals surface area contributed by atoms with Crippen LogP contribution in [0.3, 0.4) is 0 Å². The molecule has 0 saturated heterocycles. The van der Waals surface area contributed by atoms with Crippen molar-refractivity contribution < 1.29 is 62.6 Å². The summed E-state index contributed by atoms with van der Waals surface area (Å²) in [5.41, 5.74) is -0.434. The van der Waals surface area contributed by atoms with Crippen LogP contribution in [0.15, 0.2) is 54.7 Å². The topological polar surface area (TPSA) is 239 Å². The van der Waals surface area contributed by atoms with E-state index in [9.17, 15) is 44.0 Å². The second-order valence-corrected chi connectivity index (χ2v) is 11.5. The number of methoxy groups -OCH3 is 1. The molecule has 0 spiro atoms. The number of hydrogen-bond donors (Lipinski definition) is 6. The van der Waals surface area contributed by atoms with Crippen LogP contribution in [0.2, 0.25) is 0 Å². The van der Waals surface area contributed by atoms with Crippen LogP contribution in [0.25, 0.3) is 11.0 Å². The standard InChI is InChI=1S/C22H16F4N6O4.2CH4O3S/c1-35-21(34)32-19-29-15-6-4-13(9-17(15)30-19)36-18-7-3-12(10-27-18)28-20(33)31-16-8-11(22(24,25)26)2-5-14(16)23;2*1-5(2,3)4/h2-10H,1H3,(H2,28,31,33)(H2,29,30,32,34);2*1H3,(H,2,3,4). The Bertz CT molecular complexity index is 1860. The summed E-state index contributed by atoms with van der Waals surface area (Å²) in [5.74, 6) is -0.285. The van der Waals surface area contributed by atoms with Crippen molar-refractivity contribution in [1.82, 2.24) is 15.0 Å². The van der Waals surface area contributed by atoms with Crippen LogP contribution in [-0.4, -0.2) is 72.6 Å². The first-order chi connectivity index (χ1) is 21.1. The SMILES string of the molecule is COC(=O)Nc1nc2ccc(Oc3ccc(NC(=O)Nc4cc(C(F)(F)F)ccc4F)cn3)cc2[nH]1.CS(=O)(=O)O.CS(=O)(=O)O. The molecule has 0 radical (unpaired) electrons. The van der Waals surface area contributed by atoms with Crippen LogP contribution >= 0.6 is 0 Å². The molecule has 0 aliphatic heterocycles. The molecule has 2 heterocycles. The Morgan fingerprint density at radius 2 is 1.54 bits per heavy atom. The van der Waals surface area contributed by atoms with E-state index in [-0.39, 0.29) is 17.5 Å². The number of anilines is 3. The van der Waals surface area contributed by atoms with Crippen LogP contribution < -0.4 is 20.7 Å². The highest BCUT2D eigenvalue weighted by atomic mass is 32.2. The summed E-state index contributed by atoms with van der Waals surface area (Å²) in [4.78, 5) is 34.5. The van der Waals surface area contributed by atoms with Gasteiger partial charge in [0.1, 0.15) is 11.6 Å². The highest BCUT2D eigenvalue weighted by Gasteiger charge is 2.31. The maximum absolute atomic E-state index is 13.8. The number of aromatic amines is 1. The molecule has 6 N–H and O–H groups in total. The molecule has 46 heavy (non-hydrogen) atoms. The van der Waals surface area contributed by atoms with E-state index in [1.165, 1.54) is 25.4 Å². The van der Waals surface area contributed by atoms with E-state index in [4.69, 9.17) is 13.8 Å². The van der Waals surface area contributed by atoms with Gasteiger partial charge in [0.2, 0.25) is 11.8 Å². The quantitative estimate of drug-likeness (QED) is 0.123. The fourth-order valence-corrected chi connectivity index (χ4v) is 2.98. The summed E-state index contributed by atoms with van der Waals surface area (Å²) >= 11 is 0. The number of carbonyl (C=O) groups is 2. The van der Waals surface area contributed by atoms with Crippen LogP contribution in [0.1, 0.15) is 5.56 Å². The molecular weight excluding hydrogens is 672 g/mol. The van der Waals surface area contributed by atoms with Crippen molar-refractivity contribution in [1.29, 1.82) is 0 Å². The van der Waals surface area contributed by atoms with Crippen molar-refractivity contribution in [2.24, 2.45) is 0 Å². The van der Waals surface area contributed by atoms with E-state index in [2.05, 4.69) is 30.3 Å². The van der Waals surface area contributed by atoms with Gasteiger partial charge in [-0.2, -0.15) is 30.0 Å². The largest absolute Gasteiger partial charge is 0.453 e. The molecule has 0 fully saturated rings. The second-order valence-electron chi connectivity index (χ2n) is 8.61. The van der Waals surface area contributed by atoms with E-state index in [1.807, 2.05) is 5.32 Å². The summed E-state index contributed by atoms with van der Waals surface area (Å²) < 4.78 is 114. The lowest BCUT2D eigenvalue weighted by Gasteiger charge is -2.12. The Morgan fingerprint density at radius 3 is 2.09 bits per heavy atom. The van der Waals surface area contributed by atoms with Crippen molar-refractivity contribution >= 4 is 60.7 Å². The first kappa shape index (κ1) is 37.1. The number of halogens is 4. The predicted molar refractivity (Wildman–Crippen MR) is 155 cm³/mol. The maximum Gasteiger partial charge on any atom is 0.416 e. The number of H-pyrrole nitrogens is 1. The van der Waals surface area contributed by atoms with Gasteiger partial charge < -0.3 is 25.1 Å². The fraction of sp³-hybridized carbons (Fsp3) is 0.167. The minimum absolute atomic E-state index is 0.164. The number of imidazole rings is 1. The molecule has 22 heteroatoms. The number of fused-ring (bicyclic) bond motifs is 1. The van der Waals surface area contributed by atoms with Gasteiger partial charge >= 0.3 is 18.3 Å². The number of carbonyl (C=O) groups excluding carboxylic acids is 2. The van der Waals surface area contributed by atoms with Crippen molar-refractivity contribution in [3.63, 3.8) is 0 Å². The van der Waals surface area contributed by atoms with Gasteiger partial charge in [-0.05, 0) is 36.4 Å². The highest BCUT2D eigenvalue weighted by molar-refractivity contribution is 7.85. The minimum Gasteiger partial charge on any atom is -0.453 e. The Balaban J connectivity index is 0.000000642. The third kappa shape index (κ3) is 14.1. The van der Waals surface area contributed by atoms with Crippen molar-refractivity contribution in [3.8, 4) is 11.6 Å². The average Bonchev–Trinajstić information content (AvgIpc) is 3.30. The monoisotopic (exact) mass is 696 g/mol. The zero-order valence-corrected chi connectivity index (χ0v) is 25.2. The molecule has 2 aromatic carbocycles. The summed E-state index contributed by atoms with van der Waals surface area (Å²) in [5, 5.41) is 6.78. The Labute approximate surface area is 257 Å². The van der Waals surface area contributed by atoms with Gasteiger partial charge in [0.05, 0.1) is 53.8 Å². The number of nitrogens with zero attached hydrogens (tertiary/aromatic N) is 2. The summed E-state index contributed by atoms with van der Waals surface area (Å²) in [6.45, 7) is 0. The van der Waals surface area contributed by atoms with Gasteiger partial charge in [-0.3, -0.25) is 14.4 Å². The number of aromatic nitrogens is 3. The molecule has 0 atom stereocenters. The molecule has 250 valence electrons. The lowest BCUT2D eigenvalue weighted by atomic mass is 10.2. The molecular formula is C24H24F4N6O10S2. The molecule has 4 rings (SSSR count). The van der Waals surface area contributed by atoms with E-state index >= 15 is 0 Å². The molecule has 3 amide bonds. The van der Waals surface area contributed by atoms with E-state index in [0.29, 0.717) is 47.5 Å². The lowest BCUT2D eigenvalue weighted by molar-refractivity contribution is -0.137. The summed E-state index contributed by atoms with van der Waals surface area (Å²) in [6.07, 6.45) is -2.70. The number of pyridine rings is 1. The number of urea groups is 1. The van der Waals surface area contributed by atoms with Crippen molar-refractivity contribution in [2.45, 2.75) is 6.18 Å². The zero-order chi connectivity index (χ0) is 34.9. The molecule has 4 aromatic rings. The molecule has 0 aliphatic rings. The first-order valence-corrected chi connectivity index (χ1v) is 15.6. The van der Waals surface area contributed by atoms with Crippen LogP contribution in [-0.2, 0) is 31.1 Å². The number of amides is 3. The number of rotatable bonds is 5. The van der Waals surface area contributed by atoms with Crippen molar-refractivity contribution in [2.75, 3.05) is 35.6 Å². The third-order valence-electron chi connectivity index (χ3n) is 4.62. The number of nitrogens with one attached hydrogen (secondary N) is 4. The average molecular weight is 697 g/mol. The van der Waals surface area contributed by atoms with Gasteiger partial charge in [0.25, 0.3) is 20.2 Å².